The second kappa shape index (κ2) is 6.08. The van der Waals surface area contributed by atoms with Gasteiger partial charge in [0.15, 0.2) is 12.0 Å². The Morgan fingerprint density at radius 1 is 1.18 bits per heavy atom. The highest BCUT2D eigenvalue weighted by molar-refractivity contribution is 7.88. The summed E-state index contributed by atoms with van der Waals surface area (Å²) in [5, 5.41) is 0.441. The first-order valence-corrected chi connectivity index (χ1v) is 8.59. The maximum atomic E-state index is 12.1. The molecule has 3 aromatic rings. The molecule has 0 spiro atoms. The Bertz CT molecular complexity index is 906. The summed E-state index contributed by atoms with van der Waals surface area (Å²) in [4.78, 5) is 4.01. The Hall–Kier alpha value is -1.89. The van der Waals surface area contributed by atoms with Crippen LogP contribution in [0.4, 0.5) is 0 Å². The van der Waals surface area contributed by atoms with Gasteiger partial charge in [0.05, 0.1) is 5.75 Å². The highest BCUT2D eigenvalue weighted by atomic mass is 35.5. The fourth-order valence-corrected chi connectivity index (χ4v) is 3.51. The molecule has 0 aliphatic rings. The summed E-state index contributed by atoms with van der Waals surface area (Å²) in [6, 6.07) is 12.2. The van der Waals surface area contributed by atoms with E-state index in [2.05, 4.69) is 9.71 Å². The molecule has 0 aliphatic carbocycles. The molecule has 0 saturated carbocycles. The highest BCUT2D eigenvalue weighted by Crippen LogP contribution is 2.18. The summed E-state index contributed by atoms with van der Waals surface area (Å²) in [7, 11) is -3.48. The quantitative estimate of drug-likeness (QED) is 0.777. The van der Waals surface area contributed by atoms with Gasteiger partial charge in [-0.1, -0.05) is 35.9 Å². The Kier molecular flexibility index (Phi) is 4.15. The van der Waals surface area contributed by atoms with Gasteiger partial charge in [-0.3, -0.25) is 0 Å². The number of nitrogens with one attached hydrogen (secondary N) is 1. The number of halogens is 1. The molecule has 2 aromatic carbocycles. The van der Waals surface area contributed by atoms with Crippen LogP contribution in [-0.2, 0) is 22.3 Å². The second-order valence-electron chi connectivity index (χ2n) is 4.83. The SMILES string of the molecule is O=S(=O)(Cc1ccccc1Cl)NCc1ccc2ncoc2c1. The van der Waals surface area contributed by atoms with Crippen LogP contribution in [0.2, 0.25) is 5.02 Å². The molecule has 0 amide bonds. The van der Waals surface area contributed by atoms with E-state index in [-0.39, 0.29) is 12.3 Å². The van der Waals surface area contributed by atoms with Crippen LogP contribution in [0.15, 0.2) is 53.3 Å². The number of hydrogen-bond donors (Lipinski definition) is 1. The van der Waals surface area contributed by atoms with Crippen molar-refractivity contribution in [2.45, 2.75) is 12.3 Å². The number of fused-ring (bicyclic) bond motifs is 1. The van der Waals surface area contributed by atoms with E-state index in [9.17, 15) is 8.42 Å². The number of hydrogen-bond acceptors (Lipinski definition) is 4. The van der Waals surface area contributed by atoms with Gasteiger partial charge in [0.25, 0.3) is 0 Å². The summed E-state index contributed by atoms with van der Waals surface area (Å²) in [6.07, 6.45) is 1.36. The molecule has 5 nitrogen and oxygen atoms in total. The molecule has 114 valence electrons. The van der Waals surface area contributed by atoms with Crippen molar-refractivity contribution in [3.8, 4) is 0 Å². The lowest BCUT2D eigenvalue weighted by molar-refractivity contribution is 0.580. The van der Waals surface area contributed by atoms with Crippen LogP contribution in [0.25, 0.3) is 11.1 Å². The first-order valence-electron chi connectivity index (χ1n) is 6.56. The minimum atomic E-state index is -3.48. The van der Waals surface area contributed by atoms with E-state index in [1.54, 1.807) is 36.4 Å². The van der Waals surface area contributed by atoms with Gasteiger partial charge < -0.3 is 4.42 Å². The third-order valence-corrected chi connectivity index (χ3v) is 4.84. The van der Waals surface area contributed by atoms with Crippen LogP contribution in [0.3, 0.4) is 0 Å². The molecule has 1 aromatic heterocycles. The van der Waals surface area contributed by atoms with Crippen molar-refractivity contribution in [3.05, 3.63) is 65.0 Å². The van der Waals surface area contributed by atoms with Gasteiger partial charge in [0.1, 0.15) is 5.52 Å². The lowest BCUT2D eigenvalue weighted by Gasteiger charge is -2.08. The minimum absolute atomic E-state index is 0.156. The number of oxazole rings is 1. The van der Waals surface area contributed by atoms with E-state index in [1.807, 2.05) is 6.07 Å². The van der Waals surface area contributed by atoms with Crippen LogP contribution in [0, 0.1) is 0 Å². The van der Waals surface area contributed by atoms with Crippen molar-refractivity contribution in [2.24, 2.45) is 0 Å². The van der Waals surface area contributed by atoms with Crippen molar-refractivity contribution >= 4 is 32.7 Å². The molecule has 0 atom stereocenters. The van der Waals surface area contributed by atoms with Crippen LogP contribution >= 0.6 is 11.6 Å². The van der Waals surface area contributed by atoms with Gasteiger partial charge in [-0.25, -0.2) is 18.1 Å². The average Bonchev–Trinajstić information content (AvgIpc) is 2.95. The van der Waals surface area contributed by atoms with Crippen LogP contribution < -0.4 is 4.72 Å². The van der Waals surface area contributed by atoms with E-state index in [0.717, 1.165) is 11.1 Å². The second-order valence-corrected chi connectivity index (χ2v) is 7.04. The molecule has 3 rings (SSSR count). The van der Waals surface area contributed by atoms with E-state index in [4.69, 9.17) is 16.0 Å². The molecule has 0 fully saturated rings. The lowest BCUT2D eigenvalue weighted by atomic mass is 10.2. The van der Waals surface area contributed by atoms with Crippen molar-refractivity contribution in [1.29, 1.82) is 0 Å². The number of nitrogens with zero attached hydrogens (tertiary/aromatic N) is 1. The zero-order valence-electron chi connectivity index (χ0n) is 11.5. The molecule has 1 heterocycles. The predicted octanol–water partition coefficient (Wildman–Crippen LogP) is 3.10. The van der Waals surface area contributed by atoms with E-state index < -0.39 is 10.0 Å². The first-order chi connectivity index (χ1) is 10.5. The smallest absolute Gasteiger partial charge is 0.216 e. The topological polar surface area (TPSA) is 72.2 Å². The normalized spacial score (nSPS) is 11.9. The summed E-state index contributed by atoms with van der Waals surface area (Å²) in [5.41, 5.74) is 2.74. The molecule has 22 heavy (non-hydrogen) atoms. The van der Waals surface area contributed by atoms with E-state index in [1.165, 1.54) is 6.39 Å². The Morgan fingerprint density at radius 3 is 2.82 bits per heavy atom. The maximum Gasteiger partial charge on any atom is 0.216 e. The number of aromatic nitrogens is 1. The summed E-state index contributed by atoms with van der Waals surface area (Å²) in [6.45, 7) is 0.184. The van der Waals surface area contributed by atoms with Crippen molar-refractivity contribution in [2.75, 3.05) is 0 Å². The molecule has 0 radical (unpaired) electrons. The Morgan fingerprint density at radius 2 is 2.00 bits per heavy atom. The fraction of sp³-hybridized carbons (Fsp3) is 0.133. The van der Waals surface area contributed by atoms with Gasteiger partial charge in [0, 0.05) is 11.6 Å². The molecule has 0 bridgehead atoms. The van der Waals surface area contributed by atoms with E-state index in [0.29, 0.717) is 16.2 Å². The molecular weight excluding hydrogens is 324 g/mol. The van der Waals surface area contributed by atoms with Crippen molar-refractivity contribution < 1.29 is 12.8 Å². The van der Waals surface area contributed by atoms with Gasteiger partial charge in [-0.2, -0.15) is 0 Å². The molecular formula is C15H13ClN2O3S. The van der Waals surface area contributed by atoms with Crippen molar-refractivity contribution in [1.82, 2.24) is 9.71 Å². The standard InChI is InChI=1S/C15H13ClN2O3S/c16-13-4-2-1-3-12(13)9-22(19,20)18-8-11-5-6-14-15(7-11)21-10-17-14/h1-7,10,18H,8-9H2. The number of rotatable bonds is 5. The van der Waals surface area contributed by atoms with Gasteiger partial charge in [0.2, 0.25) is 10.0 Å². The van der Waals surface area contributed by atoms with Gasteiger partial charge >= 0.3 is 0 Å². The van der Waals surface area contributed by atoms with Gasteiger partial charge in [-0.05, 0) is 29.3 Å². The molecule has 0 unspecified atom stereocenters. The molecule has 0 aliphatic heterocycles. The Balaban J connectivity index is 1.70. The minimum Gasteiger partial charge on any atom is -0.443 e. The molecule has 0 saturated heterocycles. The number of sulfonamides is 1. The third kappa shape index (κ3) is 3.47. The predicted molar refractivity (Wildman–Crippen MR) is 84.9 cm³/mol. The number of benzene rings is 2. The highest BCUT2D eigenvalue weighted by Gasteiger charge is 2.13. The zero-order valence-corrected chi connectivity index (χ0v) is 13.1. The van der Waals surface area contributed by atoms with E-state index >= 15 is 0 Å². The summed E-state index contributed by atoms with van der Waals surface area (Å²) < 4.78 is 32.0. The van der Waals surface area contributed by atoms with Crippen molar-refractivity contribution in [3.63, 3.8) is 0 Å². The van der Waals surface area contributed by atoms with Gasteiger partial charge in [-0.15, -0.1) is 0 Å². The van der Waals surface area contributed by atoms with Crippen LogP contribution in [-0.4, -0.2) is 13.4 Å². The lowest BCUT2D eigenvalue weighted by Crippen LogP contribution is -2.24. The summed E-state index contributed by atoms with van der Waals surface area (Å²) in [5.74, 6) is -0.156. The van der Waals surface area contributed by atoms with Crippen LogP contribution in [0.5, 0.6) is 0 Å². The zero-order chi connectivity index (χ0) is 15.6. The average molecular weight is 337 g/mol. The first kappa shape index (κ1) is 15.0. The van der Waals surface area contributed by atoms with Crippen LogP contribution in [0.1, 0.15) is 11.1 Å². The largest absolute Gasteiger partial charge is 0.443 e. The maximum absolute atomic E-state index is 12.1. The molecule has 7 heteroatoms. The third-order valence-electron chi connectivity index (χ3n) is 3.20. The Labute approximate surface area is 133 Å². The molecule has 1 N–H and O–H groups in total. The monoisotopic (exact) mass is 336 g/mol. The summed E-state index contributed by atoms with van der Waals surface area (Å²) >= 11 is 5.99. The fourth-order valence-electron chi connectivity index (χ4n) is 2.07.